The fourth-order valence-corrected chi connectivity index (χ4v) is 2.20. The van der Waals surface area contributed by atoms with Crippen molar-refractivity contribution >= 4 is 15.9 Å². The normalized spacial score (nSPS) is 12.7. The highest BCUT2D eigenvalue weighted by Crippen LogP contribution is 2.21. The Hall–Kier alpha value is -0.380. The first kappa shape index (κ1) is 13.7. The van der Waals surface area contributed by atoms with E-state index >= 15 is 0 Å². The maximum atomic E-state index is 9.32. The molecular weight excluding hydrogens is 268 g/mol. The summed E-state index contributed by atoms with van der Waals surface area (Å²) in [6.07, 6.45) is 2.93. The van der Waals surface area contributed by atoms with E-state index in [-0.39, 0.29) is 6.61 Å². The van der Waals surface area contributed by atoms with Crippen LogP contribution in [0.4, 0.5) is 0 Å². The van der Waals surface area contributed by atoms with E-state index in [4.69, 9.17) is 4.74 Å². The third-order valence-corrected chi connectivity index (χ3v) is 3.46. The molecule has 1 aromatic rings. The first-order valence-electron chi connectivity index (χ1n) is 5.61. The molecule has 0 fully saturated rings. The fraction of sp³-hybridized carbons (Fsp3) is 0.538. The zero-order valence-corrected chi connectivity index (χ0v) is 11.2. The summed E-state index contributed by atoms with van der Waals surface area (Å²) in [5.74, 6) is 0.328. The lowest BCUT2D eigenvalue weighted by atomic mass is 9.96. The minimum atomic E-state index is 0.241. The summed E-state index contributed by atoms with van der Waals surface area (Å²) in [4.78, 5) is 0. The lowest BCUT2D eigenvalue weighted by molar-refractivity contribution is 0.169. The summed E-state index contributed by atoms with van der Waals surface area (Å²) in [5, 5.41) is 9.32. The van der Waals surface area contributed by atoms with Crippen molar-refractivity contribution in [3.05, 3.63) is 34.3 Å². The van der Waals surface area contributed by atoms with E-state index < -0.39 is 0 Å². The Labute approximate surface area is 106 Å². The third-order valence-electron chi connectivity index (χ3n) is 2.69. The van der Waals surface area contributed by atoms with Crippen LogP contribution in [-0.4, -0.2) is 25.4 Å². The van der Waals surface area contributed by atoms with Crippen LogP contribution < -0.4 is 0 Å². The molecule has 1 N–H and O–H groups in total. The fourth-order valence-electron chi connectivity index (χ4n) is 1.75. The summed E-state index contributed by atoms with van der Waals surface area (Å²) in [6.45, 7) is 1.01. The van der Waals surface area contributed by atoms with Crippen LogP contribution in [0, 0.1) is 5.92 Å². The van der Waals surface area contributed by atoms with E-state index in [2.05, 4.69) is 22.0 Å². The number of methoxy groups -OCH3 is 1. The Morgan fingerprint density at radius 3 is 2.75 bits per heavy atom. The molecule has 1 atom stereocenters. The minimum Gasteiger partial charge on any atom is -0.396 e. The Kier molecular flexibility index (Phi) is 6.69. The van der Waals surface area contributed by atoms with Gasteiger partial charge in [0.15, 0.2) is 0 Å². The van der Waals surface area contributed by atoms with Crippen LogP contribution in [0.15, 0.2) is 28.7 Å². The van der Waals surface area contributed by atoms with Crippen LogP contribution in [-0.2, 0) is 11.2 Å². The molecule has 0 spiro atoms. The summed E-state index contributed by atoms with van der Waals surface area (Å²) < 4.78 is 6.14. The van der Waals surface area contributed by atoms with Gasteiger partial charge in [-0.05, 0) is 36.8 Å². The zero-order valence-electron chi connectivity index (χ0n) is 9.66. The molecule has 3 heteroatoms. The second-order valence-electron chi connectivity index (χ2n) is 3.98. The van der Waals surface area contributed by atoms with Crippen LogP contribution in [0.25, 0.3) is 0 Å². The van der Waals surface area contributed by atoms with E-state index in [0.29, 0.717) is 5.92 Å². The van der Waals surface area contributed by atoms with E-state index in [0.717, 1.165) is 30.3 Å². The lowest BCUT2D eigenvalue weighted by Crippen LogP contribution is -2.11. The van der Waals surface area contributed by atoms with Crippen LogP contribution in [0.2, 0.25) is 0 Å². The molecule has 0 amide bonds. The van der Waals surface area contributed by atoms with Gasteiger partial charge in [-0.2, -0.15) is 0 Å². The second-order valence-corrected chi connectivity index (χ2v) is 4.83. The maximum Gasteiger partial charge on any atom is 0.0462 e. The highest BCUT2D eigenvalue weighted by atomic mass is 79.9. The van der Waals surface area contributed by atoms with Gasteiger partial charge in [-0.1, -0.05) is 34.1 Å². The van der Waals surface area contributed by atoms with Crippen LogP contribution in [0.3, 0.4) is 0 Å². The first-order chi connectivity index (χ1) is 7.77. The molecule has 0 aromatic heterocycles. The van der Waals surface area contributed by atoms with Crippen molar-refractivity contribution in [2.45, 2.75) is 19.3 Å². The summed E-state index contributed by atoms with van der Waals surface area (Å²) >= 11 is 3.53. The molecule has 0 aliphatic carbocycles. The van der Waals surface area contributed by atoms with Crippen molar-refractivity contribution in [3.63, 3.8) is 0 Å². The van der Waals surface area contributed by atoms with Gasteiger partial charge in [0.2, 0.25) is 0 Å². The van der Waals surface area contributed by atoms with Crippen molar-refractivity contribution < 1.29 is 9.84 Å². The van der Waals surface area contributed by atoms with E-state index in [1.807, 2.05) is 18.2 Å². The first-order valence-corrected chi connectivity index (χ1v) is 6.40. The maximum absolute atomic E-state index is 9.32. The summed E-state index contributed by atoms with van der Waals surface area (Å²) in [7, 11) is 1.71. The zero-order chi connectivity index (χ0) is 11.8. The van der Waals surface area contributed by atoms with Gasteiger partial charge >= 0.3 is 0 Å². The molecule has 1 aromatic carbocycles. The molecule has 90 valence electrons. The van der Waals surface area contributed by atoms with Crippen LogP contribution in [0.5, 0.6) is 0 Å². The highest BCUT2D eigenvalue weighted by molar-refractivity contribution is 9.10. The van der Waals surface area contributed by atoms with Gasteiger partial charge in [0, 0.05) is 24.8 Å². The number of halogens is 1. The van der Waals surface area contributed by atoms with Crippen molar-refractivity contribution in [1.29, 1.82) is 0 Å². The predicted molar refractivity (Wildman–Crippen MR) is 69.5 cm³/mol. The SMILES string of the molecule is COCCCC(CO)Cc1ccccc1Br. The molecule has 0 bridgehead atoms. The molecule has 2 nitrogen and oxygen atoms in total. The van der Waals surface area contributed by atoms with Crippen molar-refractivity contribution in [2.24, 2.45) is 5.92 Å². The molecule has 0 heterocycles. The monoisotopic (exact) mass is 286 g/mol. The quantitative estimate of drug-likeness (QED) is 0.781. The standard InChI is InChI=1S/C13H19BrO2/c1-16-8-4-5-11(10-15)9-12-6-2-3-7-13(12)14/h2-3,6-7,11,15H,4-5,8-10H2,1H3. The van der Waals surface area contributed by atoms with Gasteiger partial charge in [-0.15, -0.1) is 0 Å². The molecular formula is C13H19BrO2. The molecule has 0 saturated carbocycles. The number of hydrogen-bond acceptors (Lipinski definition) is 2. The van der Waals surface area contributed by atoms with E-state index in [9.17, 15) is 5.11 Å². The van der Waals surface area contributed by atoms with Gasteiger partial charge in [-0.3, -0.25) is 0 Å². The van der Waals surface area contributed by atoms with Crippen molar-refractivity contribution in [2.75, 3.05) is 20.3 Å². The topological polar surface area (TPSA) is 29.5 Å². The minimum absolute atomic E-state index is 0.241. The lowest BCUT2D eigenvalue weighted by Gasteiger charge is -2.14. The van der Waals surface area contributed by atoms with Crippen molar-refractivity contribution in [1.82, 2.24) is 0 Å². The Bertz CT molecular complexity index is 302. The highest BCUT2D eigenvalue weighted by Gasteiger charge is 2.10. The number of aliphatic hydroxyl groups is 1. The third kappa shape index (κ3) is 4.64. The molecule has 0 radical (unpaired) electrons. The van der Waals surface area contributed by atoms with Gasteiger partial charge in [-0.25, -0.2) is 0 Å². The molecule has 0 aliphatic heterocycles. The van der Waals surface area contributed by atoms with Gasteiger partial charge in [0.05, 0.1) is 0 Å². The number of aliphatic hydroxyl groups excluding tert-OH is 1. The average Bonchev–Trinajstić information content (AvgIpc) is 2.30. The Morgan fingerprint density at radius 2 is 2.12 bits per heavy atom. The number of benzene rings is 1. The average molecular weight is 287 g/mol. The van der Waals surface area contributed by atoms with E-state index in [1.54, 1.807) is 7.11 Å². The van der Waals surface area contributed by atoms with E-state index in [1.165, 1.54) is 5.56 Å². The van der Waals surface area contributed by atoms with Gasteiger partial charge in [0.25, 0.3) is 0 Å². The second kappa shape index (κ2) is 7.82. The van der Waals surface area contributed by atoms with Crippen LogP contribution >= 0.6 is 15.9 Å². The largest absolute Gasteiger partial charge is 0.396 e. The molecule has 1 unspecified atom stereocenters. The Morgan fingerprint density at radius 1 is 1.38 bits per heavy atom. The predicted octanol–water partition coefficient (Wildman–Crippen LogP) is 3.03. The van der Waals surface area contributed by atoms with Gasteiger partial charge < -0.3 is 9.84 Å². The summed E-state index contributed by atoms with van der Waals surface area (Å²) in [6, 6.07) is 8.18. The Balaban J connectivity index is 2.46. The number of ether oxygens (including phenoxy) is 1. The molecule has 1 rings (SSSR count). The molecule has 16 heavy (non-hydrogen) atoms. The number of hydrogen-bond donors (Lipinski definition) is 1. The van der Waals surface area contributed by atoms with Crippen molar-refractivity contribution in [3.8, 4) is 0 Å². The number of rotatable bonds is 7. The molecule has 0 aliphatic rings. The smallest absolute Gasteiger partial charge is 0.0462 e. The van der Waals surface area contributed by atoms with Crippen LogP contribution in [0.1, 0.15) is 18.4 Å². The van der Waals surface area contributed by atoms with Gasteiger partial charge in [0.1, 0.15) is 0 Å². The molecule has 0 saturated heterocycles. The summed E-state index contributed by atoms with van der Waals surface area (Å²) in [5.41, 5.74) is 1.26.